The van der Waals surface area contributed by atoms with Gasteiger partial charge in [-0.15, -0.1) is 0 Å². The zero-order valence-corrected chi connectivity index (χ0v) is 11.0. The minimum Gasteiger partial charge on any atom is -0.356 e. The Morgan fingerprint density at radius 2 is 1.89 bits per heavy atom. The van der Waals surface area contributed by atoms with Crippen LogP contribution < -0.4 is 4.90 Å². The first-order chi connectivity index (χ1) is 9.31. The van der Waals surface area contributed by atoms with Gasteiger partial charge in [0.2, 0.25) is 0 Å². The van der Waals surface area contributed by atoms with E-state index in [2.05, 4.69) is 38.2 Å². The van der Waals surface area contributed by atoms with Crippen LogP contribution in [0.1, 0.15) is 18.5 Å². The van der Waals surface area contributed by atoms with Gasteiger partial charge in [-0.2, -0.15) is 14.6 Å². The molecule has 2 aromatic heterocycles. The van der Waals surface area contributed by atoms with Crippen molar-refractivity contribution in [3.8, 4) is 0 Å². The Labute approximate surface area is 112 Å². The topological polar surface area (TPSA) is 46.3 Å². The molecule has 3 heterocycles. The van der Waals surface area contributed by atoms with Gasteiger partial charge in [0.1, 0.15) is 12.1 Å². The molecule has 2 aromatic rings. The van der Waals surface area contributed by atoms with Crippen LogP contribution in [0.2, 0.25) is 0 Å². The molecule has 0 spiro atoms. The summed E-state index contributed by atoms with van der Waals surface area (Å²) in [5.41, 5.74) is 1.00. The van der Waals surface area contributed by atoms with Gasteiger partial charge in [-0.3, -0.25) is 0 Å². The number of hydrogen-bond donors (Lipinski definition) is 0. The first-order valence-corrected chi connectivity index (χ1v) is 6.88. The second-order valence-corrected chi connectivity index (χ2v) is 5.60. The van der Waals surface area contributed by atoms with Gasteiger partial charge in [-0.1, -0.05) is 12.2 Å². The van der Waals surface area contributed by atoms with Crippen molar-refractivity contribution in [1.29, 1.82) is 0 Å². The monoisotopic (exact) mass is 255 g/mol. The van der Waals surface area contributed by atoms with Crippen LogP contribution in [0.15, 0.2) is 24.5 Å². The van der Waals surface area contributed by atoms with E-state index in [1.54, 1.807) is 6.33 Å². The quantitative estimate of drug-likeness (QED) is 0.729. The maximum absolute atomic E-state index is 4.41. The van der Waals surface area contributed by atoms with E-state index in [-0.39, 0.29) is 0 Å². The van der Waals surface area contributed by atoms with Gasteiger partial charge in [0, 0.05) is 24.8 Å². The lowest BCUT2D eigenvalue weighted by molar-refractivity contribution is 0.411. The smallest absolute Gasteiger partial charge is 0.254 e. The average molecular weight is 255 g/mol. The summed E-state index contributed by atoms with van der Waals surface area (Å²) in [6.45, 7) is 4.25. The number of anilines is 1. The standard InChI is InChI=1S/C14H17N5/c1-10-6-13(19-14(17-10)15-9-16-19)18-7-11-4-2-3-5-12(11)8-18/h2-3,6,9,11-12H,4-5,7-8H2,1H3/t11-,12-/m0/s1. The van der Waals surface area contributed by atoms with Crippen molar-refractivity contribution in [2.24, 2.45) is 11.8 Å². The van der Waals surface area contributed by atoms with E-state index in [4.69, 9.17) is 0 Å². The van der Waals surface area contributed by atoms with Gasteiger partial charge in [0.05, 0.1) is 0 Å². The molecule has 4 rings (SSSR count). The molecule has 5 nitrogen and oxygen atoms in total. The molecular weight excluding hydrogens is 238 g/mol. The maximum Gasteiger partial charge on any atom is 0.254 e. The molecule has 2 aliphatic rings. The maximum atomic E-state index is 4.41. The summed E-state index contributed by atoms with van der Waals surface area (Å²) in [5, 5.41) is 4.31. The minimum atomic E-state index is 0.697. The third-order valence-corrected chi connectivity index (χ3v) is 4.31. The molecule has 5 heteroatoms. The fraction of sp³-hybridized carbons (Fsp3) is 0.500. The Hall–Kier alpha value is -1.91. The van der Waals surface area contributed by atoms with Gasteiger partial charge in [-0.25, -0.2) is 4.98 Å². The number of nitrogens with zero attached hydrogens (tertiary/aromatic N) is 5. The second kappa shape index (κ2) is 4.05. The molecule has 1 fully saturated rings. The Balaban J connectivity index is 1.73. The average Bonchev–Trinajstić information content (AvgIpc) is 3.03. The van der Waals surface area contributed by atoms with Gasteiger partial charge in [0.25, 0.3) is 5.78 Å². The van der Waals surface area contributed by atoms with E-state index in [1.807, 2.05) is 11.4 Å². The number of hydrogen-bond acceptors (Lipinski definition) is 4. The number of allylic oxidation sites excluding steroid dienone is 2. The summed E-state index contributed by atoms with van der Waals surface area (Å²) in [6, 6.07) is 2.12. The van der Waals surface area contributed by atoms with Crippen molar-refractivity contribution in [2.45, 2.75) is 19.8 Å². The molecule has 1 aliphatic heterocycles. The summed E-state index contributed by atoms with van der Waals surface area (Å²) in [7, 11) is 0. The van der Waals surface area contributed by atoms with Gasteiger partial charge >= 0.3 is 0 Å². The Kier molecular flexibility index (Phi) is 2.33. The molecule has 1 aliphatic carbocycles. The van der Waals surface area contributed by atoms with E-state index >= 15 is 0 Å². The molecule has 0 unspecified atom stereocenters. The van der Waals surface area contributed by atoms with Crippen LogP contribution in [0.25, 0.3) is 5.78 Å². The normalized spacial score (nSPS) is 26.1. The number of aryl methyl sites for hydroxylation is 1. The first-order valence-electron chi connectivity index (χ1n) is 6.88. The summed E-state index contributed by atoms with van der Waals surface area (Å²) in [4.78, 5) is 11.1. The second-order valence-electron chi connectivity index (χ2n) is 5.60. The summed E-state index contributed by atoms with van der Waals surface area (Å²) < 4.78 is 1.86. The molecule has 0 radical (unpaired) electrons. The predicted molar refractivity (Wildman–Crippen MR) is 73.1 cm³/mol. The molecular formula is C14H17N5. The number of aromatic nitrogens is 4. The number of fused-ring (bicyclic) bond motifs is 2. The van der Waals surface area contributed by atoms with Crippen molar-refractivity contribution in [3.63, 3.8) is 0 Å². The molecule has 19 heavy (non-hydrogen) atoms. The molecule has 0 bridgehead atoms. The van der Waals surface area contributed by atoms with Crippen LogP contribution in [-0.4, -0.2) is 32.7 Å². The van der Waals surface area contributed by atoms with Crippen molar-refractivity contribution in [1.82, 2.24) is 19.6 Å². The van der Waals surface area contributed by atoms with E-state index in [1.165, 1.54) is 12.8 Å². The van der Waals surface area contributed by atoms with E-state index < -0.39 is 0 Å². The van der Waals surface area contributed by atoms with Gasteiger partial charge < -0.3 is 4.90 Å². The van der Waals surface area contributed by atoms with Crippen LogP contribution in [0.3, 0.4) is 0 Å². The number of rotatable bonds is 1. The highest BCUT2D eigenvalue weighted by Gasteiger charge is 2.33. The van der Waals surface area contributed by atoms with E-state index in [9.17, 15) is 0 Å². The van der Waals surface area contributed by atoms with Crippen LogP contribution in [0.4, 0.5) is 5.82 Å². The van der Waals surface area contributed by atoms with E-state index in [0.717, 1.165) is 36.4 Å². The molecule has 98 valence electrons. The highest BCUT2D eigenvalue weighted by atomic mass is 15.4. The fourth-order valence-corrected chi connectivity index (χ4v) is 3.34. The van der Waals surface area contributed by atoms with Crippen LogP contribution in [0, 0.1) is 18.8 Å². The molecule has 0 saturated carbocycles. The third-order valence-electron chi connectivity index (χ3n) is 4.31. The molecule has 2 atom stereocenters. The van der Waals surface area contributed by atoms with Crippen LogP contribution >= 0.6 is 0 Å². The Bertz CT molecular complexity index is 628. The summed E-state index contributed by atoms with van der Waals surface area (Å²) in [5.74, 6) is 3.41. The van der Waals surface area contributed by atoms with Crippen molar-refractivity contribution in [3.05, 3.63) is 30.2 Å². The molecule has 0 aromatic carbocycles. The van der Waals surface area contributed by atoms with Crippen LogP contribution in [-0.2, 0) is 0 Å². The lowest BCUT2D eigenvalue weighted by Gasteiger charge is -2.19. The molecule has 0 N–H and O–H groups in total. The van der Waals surface area contributed by atoms with Gasteiger partial charge in [-0.05, 0) is 31.6 Å². The minimum absolute atomic E-state index is 0.697. The van der Waals surface area contributed by atoms with Crippen molar-refractivity contribution >= 4 is 11.6 Å². The zero-order chi connectivity index (χ0) is 12.8. The fourth-order valence-electron chi connectivity index (χ4n) is 3.34. The first kappa shape index (κ1) is 11.0. The van der Waals surface area contributed by atoms with Crippen molar-refractivity contribution < 1.29 is 0 Å². The predicted octanol–water partition coefficient (Wildman–Crippen LogP) is 1.84. The Morgan fingerprint density at radius 3 is 2.63 bits per heavy atom. The summed E-state index contributed by atoms with van der Waals surface area (Å²) >= 11 is 0. The van der Waals surface area contributed by atoms with E-state index in [0.29, 0.717) is 5.78 Å². The zero-order valence-electron chi connectivity index (χ0n) is 11.0. The summed E-state index contributed by atoms with van der Waals surface area (Å²) in [6.07, 6.45) is 8.66. The molecule has 1 saturated heterocycles. The van der Waals surface area contributed by atoms with Crippen LogP contribution in [0.5, 0.6) is 0 Å². The lowest BCUT2D eigenvalue weighted by Crippen LogP contribution is -2.23. The van der Waals surface area contributed by atoms with Gasteiger partial charge in [0.15, 0.2) is 0 Å². The Morgan fingerprint density at radius 1 is 1.16 bits per heavy atom. The van der Waals surface area contributed by atoms with Crippen molar-refractivity contribution in [2.75, 3.05) is 18.0 Å². The lowest BCUT2D eigenvalue weighted by atomic mass is 9.86. The largest absolute Gasteiger partial charge is 0.356 e. The third kappa shape index (κ3) is 1.72. The highest BCUT2D eigenvalue weighted by Crippen LogP contribution is 2.35. The molecule has 0 amide bonds. The SMILES string of the molecule is Cc1cc(N2C[C@@H]3CC=CC[C@H]3C2)n2ncnc2n1. The highest BCUT2D eigenvalue weighted by molar-refractivity contribution is 5.48.